The summed E-state index contributed by atoms with van der Waals surface area (Å²) in [5.74, 6) is 2.71. The van der Waals surface area contributed by atoms with Crippen molar-refractivity contribution in [3.8, 4) is 11.5 Å². The van der Waals surface area contributed by atoms with Crippen LogP contribution in [-0.2, 0) is 10.2 Å². The number of benzene rings is 1. The molecule has 1 aromatic carbocycles. The second-order valence-electron chi connectivity index (χ2n) is 8.47. The molecule has 0 radical (unpaired) electrons. The van der Waals surface area contributed by atoms with Gasteiger partial charge >= 0.3 is 6.03 Å². The van der Waals surface area contributed by atoms with Crippen molar-refractivity contribution in [1.82, 2.24) is 10.2 Å². The van der Waals surface area contributed by atoms with Gasteiger partial charge in [0, 0.05) is 38.3 Å². The predicted molar refractivity (Wildman–Crippen MR) is 102 cm³/mol. The summed E-state index contributed by atoms with van der Waals surface area (Å²) in [5.41, 5.74) is 1.07. The van der Waals surface area contributed by atoms with Crippen molar-refractivity contribution in [2.75, 3.05) is 39.6 Å². The molecule has 2 unspecified atom stereocenters. The number of rotatable bonds is 3. The zero-order chi connectivity index (χ0) is 18.9. The van der Waals surface area contributed by atoms with Crippen molar-refractivity contribution >= 4 is 6.03 Å². The van der Waals surface area contributed by atoms with Gasteiger partial charge in [0.25, 0.3) is 0 Å². The van der Waals surface area contributed by atoms with Crippen LogP contribution in [0.15, 0.2) is 18.2 Å². The molecule has 0 aromatic heterocycles. The van der Waals surface area contributed by atoms with Crippen LogP contribution in [0, 0.1) is 11.8 Å². The lowest BCUT2D eigenvalue weighted by Crippen LogP contribution is -2.51. The zero-order valence-electron chi connectivity index (χ0n) is 16.3. The molecule has 27 heavy (non-hydrogen) atoms. The summed E-state index contributed by atoms with van der Waals surface area (Å²) >= 11 is 0. The molecule has 2 amide bonds. The van der Waals surface area contributed by atoms with E-state index in [-0.39, 0.29) is 18.2 Å². The SMILES string of the molecule is CC1CC(C)CN(C(=O)NCC2(c3ccc4c(c3)OCO4)CCOCC2)C1. The van der Waals surface area contributed by atoms with Gasteiger partial charge in [-0.05, 0) is 48.8 Å². The minimum absolute atomic E-state index is 0.0556. The normalized spacial score (nSPS) is 26.7. The Morgan fingerprint density at radius 1 is 1.15 bits per heavy atom. The van der Waals surface area contributed by atoms with Crippen LogP contribution in [0.5, 0.6) is 11.5 Å². The van der Waals surface area contributed by atoms with E-state index >= 15 is 0 Å². The lowest BCUT2D eigenvalue weighted by molar-refractivity contribution is 0.0496. The van der Waals surface area contributed by atoms with Crippen molar-refractivity contribution in [3.63, 3.8) is 0 Å². The third kappa shape index (κ3) is 3.86. The number of fused-ring (bicyclic) bond motifs is 1. The molecule has 0 aliphatic carbocycles. The Balaban J connectivity index is 1.48. The van der Waals surface area contributed by atoms with Gasteiger partial charge in [0.05, 0.1) is 0 Å². The zero-order valence-corrected chi connectivity index (χ0v) is 16.3. The van der Waals surface area contributed by atoms with E-state index in [0.29, 0.717) is 31.6 Å². The van der Waals surface area contributed by atoms with Crippen LogP contribution in [-0.4, -0.2) is 50.6 Å². The molecule has 1 aromatic rings. The molecule has 3 aliphatic rings. The van der Waals surface area contributed by atoms with E-state index in [0.717, 1.165) is 37.4 Å². The van der Waals surface area contributed by atoms with Crippen LogP contribution in [0.25, 0.3) is 0 Å². The Kier molecular flexibility index (Phi) is 5.17. The fraction of sp³-hybridized carbons (Fsp3) is 0.667. The number of piperidine rings is 1. The van der Waals surface area contributed by atoms with E-state index in [2.05, 4.69) is 31.3 Å². The molecule has 1 N–H and O–H groups in total. The van der Waals surface area contributed by atoms with Gasteiger partial charge in [-0.2, -0.15) is 0 Å². The average molecular weight is 374 g/mol. The number of nitrogens with one attached hydrogen (secondary N) is 1. The molecule has 3 heterocycles. The number of carbonyl (C=O) groups is 1. The van der Waals surface area contributed by atoms with Crippen LogP contribution in [0.2, 0.25) is 0 Å². The van der Waals surface area contributed by atoms with Gasteiger partial charge in [-0.3, -0.25) is 0 Å². The number of nitrogens with zero attached hydrogens (tertiary/aromatic N) is 1. The molecule has 3 aliphatic heterocycles. The number of hydrogen-bond acceptors (Lipinski definition) is 4. The maximum absolute atomic E-state index is 12.8. The van der Waals surface area contributed by atoms with Gasteiger partial charge in [0.15, 0.2) is 11.5 Å². The smallest absolute Gasteiger partial charge is 0.317 e. The molecule has 0 spiro atoms. The summed E-state index contributed by atoms with van der Waals surface area (Å²) in [6.45, 7) is 8.45. The lowest BCUT2D eigenvalue weighted by atomic mass is 9.74. The highest BCUT2D eigenvalue weighted by atomic mass is 16.7. The quantitative estimate of drug-likeness (QED) is 0.883. The monoisotopic (exact) mass is 374 g/mol. The fourth-order valence-corrected chi connectivity index (χ4v) is 4.74. The van der Waals surface area contributed by atoms with E-state index in [1.54, 1.807) is 0 Å². The second kappa shape index (κ2) is 7.58. The minimum Gasteiger partial charge on any atom is -0.454 e. The standard InChI is InChI=1S/C21H30N2O4/c1-15-9-16(2)12-23(11-15)20(24)22-13-21(5-7-25-8-6-21)17-3-4-18-19(10-17)27-14-26-18/h3-4,10,15-16H,5-9,11-14H2,1-2H3,(H,22,24). The van der Waals surface area contributed by atoms with E-state index in [4.69, 9.17) is 14.2 Å². The highest BCUT2D eigenvalue weighted by Crippen LogP contribution is 2.40. The fourth-order valence-electron chi connectivity index (χ4n) is 4.74. The largest absolute Gasteiger partial charge is 0.454 e. The first-order valence-corrected chi connectivity index (χ1v) is 10.1. The molecular weight excluding hydrogens is 344 g/mol. The molecule has 4 rings (SSSR count). The number of likely N-dealkylation sites (tertiary alicyclic amines) is 1. The third-order valence-corrected chi connectivity index (χ3v) is 6.17. The van der Waals surface area contributed by atoms with Gasteiger partial charge in [-0.1, -0.05) is 19.9 Å². The van der Waals surface area contributed by atoms with Crippen LogP contribution < -0.4 is 14.8 Å². The van der Waals surface area contributed by atoms with Crippen molar-refractivity contribution in [1.29, 1.82) is 0 Å². The second-order valence-corrected chi connectivity index (χ2v) is 8.47. The maximum atomic E-state index is 12.8. The van der Waals surface area contributed by atoms with Gasteiger partial charge < -0.3 is 24.4 Å². The molecular formula is C21H30N2O4. The summed E-state index contributed by atoms with van der Waals surface area (Å²) < 4.78 is 16.6. The summed E-state index contributed by atoms with van der Waals surface area (Å²) in [7, 11) is 0. The molecule has 2 atom stereocenters. The van der Waals surface area contributed by atoms with Crippen LogP contribution in [0.4, 0.5) is 4.79 Å². The van der Waals surface area contributed by atoms with Crippen LogP contribution >= 0.6 is 0 Å². The number of hydrogen-bond donors (Lipinski definition) is 1. The van der Waals surface area contributed by atoms with Crippen molar-refractivity contribution in [3.05, 3.63) is 23.8 Å². The summed E-state index contributed by atoms with van der Waals surface area (Å²) in [4.78, 5) is 14.8. The summed E-state index contributed by atoms with van der Waals surface area (Å²) in [5, 5.41) is 3.23. The Morgan fingerprint density at radius 2 is 1.85 bits per heavy atom. The first-order chi connectivity index (χ1) is 13.1. The molecule has 0 saturated carbocycles. The minimum atomic E-state index is -0.123. The Morgan fingerprint density at radius 3 is 2.59 bits per heavy atom. The number of urea groups is 1. The van der Waals surface area contributed by atoms with E-state index in [1.807, 2.05) is 11.0 Å². The van der Waals surface area contributed by atoms with E-state index in [9.17, 15) is 4.79 Å². The molecule has 6 heteroatoms. The summed E-state index contributed by atoms with van der Waals surface area (Å²) in [6.07, 6.45) is 2.97. The molecule has 2 fully saturated rings. The van der Waals surface area contributed by atoms with Gasteiger partial charge in [-0.25, -0.2) is 4.79 Å². The lowest BCUT2D eigenvalue weighted by Gasteiger charge is -2.40. The van der Waals surface area contributed by atoms with Crippen molar-refractivity contribution in [2.45, 2.75) is 38.5 Å². The van der Waals surface area contributed by atoms with Gasteiger partial charge in [0.1, 0.15) is 0 Å². The topological polar surface area (TPSA) is 60.0 Å². The highest BCUT2D eigenvalue weighted by molar-refractivity contribution is 5.74. The maximum Gasteiger partial charge on any atom is 0.317 e. The molecule has 6 nitrogen and oxygen atoms in total. The van der Waals surface area contributed by atoms with E-state index in [1.165, 1.54) is 12.0 Å². The van der Waals surface area contributed by atoms with Gasteiger partial charge in [-0.15, -0.1) is 0 Å². The predicted octanol–water partition coefficient (Wildman–Crippen LogP) is 3.15. The molecule has 148 valence electrons. The van der Waals surface area contributed by atoms with Gasteiger partial charge in [0.2, 0.25) is 6.79 Å². The highest BCUT2D eigenvalue weighted by Gasteiger charge is 2.37. The first kappa shape index (κ1) is 18.4. The number of amides is 2. The van der Waals surface area contributed by atoms with E-state index < -0.39 is 0 Å². The Bertz CT molecular complexity index is 677. The van der Waals surface area contributed by atoms with Crippen molar-refractivity contribution < 1.29 is 19.0 Å². The number of carbonyl (C=O) groups excluding carboxylic acids is 1. The van der Waals surface area contributed by atoms with Crippen LogP contribution in [0.3, 0.4) is 0 Å². The van der Waals surface area contributed by atoms with Crippen LogP contribution in [0.1, 0.15) is 38.7 Å². The molecule has 2 saturated heterocycles. The Labute approximate surface area is 161 Å². The average Bonchev–Trinajstić information content (AvgIpc) is 3.14. The number of ether oxygens (including phenoxy) is 3. The Hall–Kier alpha value is -1.95. The first-order valence-electron chi connectivity index (χ1n) is 10.1. The summed E-state index contributed by atoms with van der Waals surface area (Å²) in [6, 6.07) is 6.21. The third-order valence-electron chi connectivity index (χ3n) is 6.17. The van der Waals surface area contributed by atoms with Crippen molar-refractivity contribution in [2.24, 2.45) is 11.8 Å². The molecule has 0 bridgehead atoms.